The molecule has 0 aromatic heterocycles. The molecule has 0 bridgehead atoms. The lowest BCUT2D eigenvalue weighted by Gasteiger charge is -2.26. The quantitative estimate of drug-likeness (QED) is 0.782. The smallest absolute Gasteiger partial charge is 0.133 e. The average molecular weight is 229 g/mol. The maximum Gasteiger partial charge on any atom is 0.133 e. The Morgan fingerprint density at radius 2 is 2.27 bits per heavy atom. The van der Waals surface area contributed by atoms with Crippen molar-refractivity contribution in [3.05, 3.63) is 34.3 Å². The van der Waals surface area contributed by atoms with Crippen LogP contribution in [-0.2, 0) is 5.60 Å². The van der Waals surface area contributed by atoms with Gasteiger partial charge in [-0.15, -0.1) is 0 Å². The Morgan fingerprint density at radius 1 is 1.53 bits per heavy atom. The fourth-order valence-electron chi connectivity index (χ4n) is 2.13. The molecule has 1 nitrogen and oxygen atoms in total. The highest BCUT2D eigenvalue weighted by atomic mass is 35.5. The van der Waals surface area contributed by atoms with Gasteiger partial charge in [0.15, 0.2) is 0 Å². The summed E-state index contributed by atoms with van der Waals surface area (Å²) in [6.07, 6.45) is 0.467. The molecule has 0 radical (unpaired) electrons. The summed E-state index contributed by atoms with van der Waals surface area (Å²) >= 11 is 5.97. The van der Waals surface area contributed by atoms with E-state index in [4.69, 9.17) is 11.6 Å². The highest BCUT2D eigenvalue weighted by Crippen LogP contribution is 2.41. The van der Waals surface area contributed by atoms with Crippen LogP contribution in [-0.4, -0.2) is 11.3 Å². The lowest BCUT2D eigenvalue weighted by atomic mass is 9.90. The zero-order chi connectivity index (χ0) is 11.1. The molecule has 1 aliphatic rings. The summed E-state index contributed by atoms with van der Waals surface area (Å²) in [5, 5.41) is 10.8. The van der Waals surface area contributed by atoms with Gasteiger partial charge in [-0.1, -0.05) is 23.7 Å². The molecule has 2 unspecified atom stereocenters. The molecule has 0 aliphatic heterocycles. The normalized spacial score (nSPS) is 30.8. The predicted molar refractivity (Wildman–Crippen MR) is 58.8 cm³/mol. The van der Waals surface area contributed by atoms with Gasteiger partial charge >= 0.3 is 0 Å². The molecule has 3 heteroatoms. The van der Waals surface area contributed by atoms with Crippen molar-refractivity contribution in [1.82, 2.24) is 0 Å². The molecule has 2 atom stereocenters. The predicted octanol–water partition coefficient (Wildman–Crippen LogP) is 3.36. The third-order valence-electron chi connectivity index (χ3n) is 3.21. The SMILES string of the molecule is Cc1ccc(C2(O)CCCC2F)cc1Cl. The Labute approximate surface area is 93.9 Å². The van der Waals surface area contributed by atoms with Crippen molar-refractivity contribution in [2.75, 3.05) is 0 Å². The molecule has 0 spiro atoms. The molecule has 1 fully saturated rings. The summed E-state index contributed by atoms with van der Waals surface area (Å²) in [4.78, 5) is 0. The van der Waals surface area contributed by atoms with Crippen molar-refractivity contribution in [3.8, 4) is 0 Å². The molecule has 1 aliphatic carbocycles. The van der Waals surface area contributed by atoms with E-state index in [1.807, 2.05) is 13.0 Å². The summed E-state index contributed by atoms with van der Waals surface area (Å²) < 4.78 is 13.6. The van der Waals surface area contributed by atoms with Crippen molar-refractivity contribution in [3.63, 3.8) is 0 Å². The second-order valence-corrected chi connectivity index (χ2v) is 4.66. The van der Waals surface area contributed by atoms with Gasteiger partial charge in [0, 0.05) is 5.02 Å². The fraction of sp³-hybridized carbons (Fsp3) is 0.500. The minimum absolute atomic E-state index is 0.433. The highest BCUT2D eigenvalue weighted by Gasteiger charge is 2.43. The number of benzene rings is 1. The van der Waals surface area contributed by atoms with E-state index < -0.39 is 11.8 Å². The Hall–Kier alpha value is -0.600. The van der Waals surface area contributed by atoms with E-state index in [9.17, 15) is 9.50 Å². The molecule has 15 heavy (non-hydrogen) atoms. The standard InChI is InChI=1S/C12H14ClFO/c1-8-4-5-9(7-10(8)13)12(15)6-2-3-11(12)14/h4-5,7,11,15H,2-3,6H2,1H3. The molecule has 0 heterocycles. The number of aryl methyl sites for hydroxylation is 1. The van der Waals surface area contributed by atoms with Crippen LogP contribution in [0.2, 0.25) is 5.02 Å². The van der Waals surface area contributed by atoms with Crippen molar-refractivity contribution < 1.29 is 9.50 Å². The van der Waals surface area contributed by atoms with E-state index in [0.717, 1.165) is 12.0 Å². The molecule has 0 amide bonds. The number of halogens is 2. The first-order chi connectivity index (χ1) is 7.04. The van der Waals surface area contributed by atoms with Crippen LogP contribution in [0.25, 0.3) is 0 Å². The van der Waals surface area contributed by atoms with E-state index in [1.54, 1.807) is 12.1 Å². The monoisotopic (exact) mass is 228 g/mol. The van der Waals surface area contributed by atoms with Gasteiger partial charge in [0.2, 0.25) is 0 Å². The lowest BCUT2D eigenvalue weighted by Crippen LogP contribution is -2.31. The molecule has 0 saturated heterocycles. The first-order valence-electron chi connectivity index (χ1n) is 5.17. The van der Waals surface area contributed by atoms with Crippen LogP contribution in [0.5, 0.6) is 0 Å². The Bertz CT molecular complexity index is 380. The van der Waals surface area contributed by atoms with Crippen molar-refractivity contribution >= 4 is 11.6 Å². The Balaban J connectivity index is 2.40. The van der Waals surface area contributed by atoms with Gasteiger partial charge in [0.1, 0.15) is 11.8 Å². The van der Waals surface area contributed by atoms with Crippen LogP contribution in [0.15, 0.2) is 18.2 Å². The van der Waals surface area contributed by atoms with Gasteiger partial charge in [0.05, 0.1) is 0 Å². The van der Waals surface area contributed by atoms with E-state index in [1.165, 1.54) is 0 Å². The molecule has 2 rings (SSSR count). The summed E-state index contributed by atoms with van der Waals surface area (Å²) in [6, 6.07) is 5.26. The number of rotatable bonds is 1. The number of hydrogen-bond donors (Lipinski definition) is 1. The molecule has 1 saturated carbocycles. The molecular formula is C12H14ClFO. The van der Waals surface area contributed by atoms with Crippen LogP contribution in [0.1, 0.15) is 30.4 Å². The molecular weight excluding hydrogens is 215 g/mol. The van der Waals surface area contributed by atoms with Crippen LogP contribution in [0, 0.1) is 6.92 Å². The van der Waals surface area contributed by atoms with Gasteiger partial charge < -0.3 is 5.11 Å². The van der Waals surface area contributed by atoms with E-state index in [-0.39, 0.29) is 0 Å². The lowest BCUT2D eigenvalue weighted by molar-refractivity contribution is -0.0187. The minimum Gasteiger partial charge on any atom is -0.382 e. The van der Waals surface area contributed by atoms with E-state index in [0.29, 0.717) is 23.4 Å². The number of aliphatic hydroxyl groups is 1. The molecule has 1 N–H and O–H groups in total. The largest absolute Gasteiger partial charge is 0.382 e. The van der Waals surface area contributed by atoms with Crippen LogP contribution in [0.3, 0.4) is 0 Å². The summed E-state index contributed by atoms with van der Waals surface area (Å²) in [5.41, 5.74) is 0.220. The third-order valence-corrected chi connectivity index (χ3v) is 3.61. The first kappa shape index (κ1) is 10.9. The minimum atomic E-state index is -1.32. The third kappa shape index (κ3) is 1.77. The van der Waals surface area contributed by atoms with Gasteiger partial charge in [-0.05, 0) is 43.4 Å². The van der Waals surface area contributed by atoms with Gasteiger partial charge in [-0.2, -0.15) is 0 Å². The maximum absolute atomic E-state index is 13.6. The molecule has 1 aromatic carbocycles. The highest BCUT2D eigenvalue weighted by molar-refractivity contribution is 6.31. The van der Waals surface area contributed by atoms with E-state index in [2.05, 4.69) is 0 Å². The Kier molecular flexibility index (Phi) is 2.73. The Morgan fingerprint density at radius 3 is 2.80 bits per heavy atom. The topological polar surface area (TPSA) is 20.2 Å². The first-order valence-corrected chi connectivity index (χ1v) is 5.55. The van der Waals surface area contributed by atoms with Gasteiger partial charge in [-0.3, -0.25) is 0 Å². The molecule has 82 valence electrons. The van der Waals surface area contributed by atoms with Crippen LogP contribution in [0.4, 0.5) is 4.39 Å². The average Bonchev–Trinajstić information content (AvgIpc) is 2.53. The number of alkyl halides is 1. The van der Waals surface area contributed by atoms with E-state index >= 15 is 0 Å². The van der Waals surface area contributed by atoms with Crippen LogP contribution >= 0.6 is 11.6 Å². The zero-order valence-electron chi connectivity index (χ0n) is 8.63. The zero-order valence-corrected chi connectivity index (χ0v) is 9.39. The van der Waals surface area contributed by atoms with Gasteiger partial charge in [-0.25, -0.2) is 4.39 Å². The maximum atomic E-state index is 13.6. The summed E-state index contributed by atoms with van der Waals surface area (Å²) in [7, 11) is 0. The molecule has 1 aromatic rings. The van der Waals surface area contributed by atoms with Crippen molar-refractivity contribution in [2.45, 2.75) is 38.0 Å². The fourth-order valence-corrected chi connectivity index (χ4v) is 2.31. The number of hydrogen-bond acceptors (Lipinski definition) is 1. The van der Waals surface area contributed by atoms with Gasteiger partial charge in [0.25, 0.3) is 0 Å². The summed E-state index contributed by atoms with van der Waals surface area (Å²) in [6.45, 7) is 1.89. The van der Waals surface area contributed by atoms with Crippen molar-refractivity contribution in [2.24, 2.45) is 0 Å². The van der Waals surface area contributed by atoms with Crippen molar-refractivity contribution in [1.29, 1.82) is 0 Å². The van der Waals surface area contributed by atoms with Crippen LogP contribution < -0.4 is 0 Å². The second kappa shape index (κ2) is 3.76. The summed E-state index contributed by atoms with van der Waals surface area (Å²) in [5.74, 6) is 0. The second-order valence-electron chi connectivity index (χ2n) is 4.25.